The minimum Gasteiger partial charge on any atom is -0.341 e. The average molecular weight is 338 g/mol. The van der Waals surface area contributed by atoms with Gasteiger partial charge in [0.2, 0.25) is 5.95 Å². The molecule has 0 unspecified atom stereocenters. The van der Waals surface area contributed by atoms with Crippen LogP contribution in [0.2, 0.25) is 0 Å². The van der Waals surface area contributed by atoms with Crippen molar-refractivity contribution in [3.63, 3.8) is 0 Å². The standard InChI is InChI=1S/C12H15BrF3N3/c13-7-9-8-17-11(18-10(9)12(14,15)16)19-5-3-1-2-4-6-19/h8H,1-7H2. The zero-order valence-electron chi connectivity index (χ0n) is 10.4. The van der Waals surface area contributed by atoms with E-state index in [1.165, 1.54) is 6.20 Å². The summed E-state index contributed by atoms with van der Waals surface area (Å²) in [6.07, 6.45) is 1.01. The molecule has 0 amide bonds. The van der Waals surface area contributed by atoms with Crippen molar-refractivity contribution in [1.82, 2.24) is 9.97 Å². The van der Waals surface area contributed by atoms with Gasteiger partial charge in [0.05, 0.1) is 0 Å². The molecular formula is C12H15BrF3N3. The lowest BCUT2D eigenvalue weighted by Gasteiger charge is -2.21. The summed E-state index contributed by atoms with van der Waals surface area (Å²) in [7, 11) is 0. The van der Waals surface area contributed by atoms with Gasteiger partial charge in [-0.2, -0.15) is 13.2 Å². The fraction of sp³-hybridized carbons (Fsp3) is 0.667. The van der Waals surface area contributed by atoms with E-state index in [1.807, 2.05) is 4.90 Å². The molecule has 0 spiro atoms. The first-order valence-corrected chi connectivity index (χ1v) is 7.38. The number of nitrogens with zero attached hydrogens (tertiary/aromatic N) is 3. The Bertz CT molecular complexity index is 429. The van der Waals surface area contributed by atoms with E-state index in [2.05, 4.69) is 25.9 Å². The predicted octanol–water partition coefficient (Wildman–Crippen LogP) is 3.77. The molecular weight excluding hydrogens is 323 g/mol. The third kappa shape index (κ3) is 3.58. The van der Waals surface area contributed by atoms with Crippen molar-refractivity contribution in [1.29, 1.82) is 0 Å². The van der Waals surface area contributed by atoms with E-state index >= 15 is 0 Å². The first kappa shape index (κ1) is 14.6. The van der Waals surface area contributed by atoms with Crippen LogP contribution in [0.25, 0.3) is 0 Å². The first-order valence-electron chi connectivity index (χ1n) is 6.26. The van der Waals surface area contributed by atoms with Crippen molar-refractivity contribution >= 4 is 21.9 Å². The monoisotopic (exact) mass is 337 g/mol. The van der Waals surface area contributed by atoms with Gasteiger partial charge < -0.3 is 4.90 Å². The van der Waals surface area contributed by atoms with Crippen molar-refractivity contribution in [2.24, 2.45) is 0 Å². The third-order valence-corrected chi connectivity index (χ3v) is 3.76. The van der Waals surface area contributed by atoms with E-state index in [9.17, 15) is 13.2 Å². The minimum atomic E-state index is -4.44. The van der Waals surface area contributed by atoms with Gasteiger partial charge in [-0.25, -0.2) is 9.97 Å². The quantitative estimate of drug-likeness (QED) is 0.769. The van der Waals surface area contributed by atoms with Gasteiger partial charge in [0.25, 0.3) is 0 Å². The summed E-state index contributed by atoms with van der Waals surface area (Å²) >= 11 is 3.04. The maximum absolute atomic E-state index is 12.9. The van der Waals surface area contributed by atoms with Crippen LogP contribution in [-0.4, -0.2) is 23.1 Å². The molecule has 7 heteroatoms. The second-order valence-electron chi connectivity index (χ2n) is 4.58. The topological polar surface area (TPSA) is 29.0 Å². The molecule has 0 aliphatic carbocycles. The van der Waals surface area contributed by atoms with E-state index in [0.29, 0.717) is 0 Å². The highest BCUT2D eigenvalue weighted by atomic mass is 79.9. The number of alkyl halides is 4. The van der Waals surface area contributed by atoms with Crippen LogP contribution in [0.4, 0.5) is 19.1 Å². The summed E-state index contributed by atoms with van der Waals surface area (Å²) in [5.74, 6) is 0.193. The largest absolute Gasteiger partial charge is 0.433 e. The van der Waals surface area contributed by atoms with Gasteiger partial charge in [0.15, 0.2) is 5.69 Å². The highest BCUT2D eigenvalue weighted by Crippen LogP contribution is 2.32. The number of anilines is 1. The molecule has 3 nitrogen and oxygen atoms in total. The smallest absolute Gasteiger partial charge is 0.341 e. The molecule has 0 atom stereocenters. The van der Waals surface area contributed by atoms with Gasteiger partial charge >= 0.3 is 6.18 Å². The van der Waals surface area contributed by atoms with Crippen LogP contribution in [0.5, 0.6) is 0 Å². The lowest BCUT2D eigenvalue weighted by atomic mass is 10.2. The SMILES string of the molecule is FC(F)(F)c1nc(N2CCCCCC2)ncc1CBr. The van der Waals surface area contributed by atoms with Gasteiger partial charge in [-0.05, 0) is 12.8 Å². The molecule has 0 bridgehead atoms. The molecule has 1 fully saturated rings. The summed E-state index contributed by atoms with van der Waals surface area (Å²) < 4.78 is 38.8. The van der Waals surface area contributed by atoms with E-state index < -0.39 is 11.9 Å². The molecule has 1 aliphatic rings. The molecule has 106 valence electrons. The fourth-order valence-electron chi connectivity index (χ4n) is 2.16. The molecule has 2 rings (SSSR count). The summed E-state index contributed by atoms with van der Waals surface area (Å²) in [6, 6.07) is 0. The van der Waals surface area contributed by atoms with Crippen molar-refractivity contribution in [3.05, 3.63) is 17.5 Å². The predicted molar refractivity (Wildman–Crippen MR) is 70.3 cm³/mol. The number of aromatic nitrogens is 2. The average Bonchev–Trinajstić information content (AvgIpc) is 2.66. The van der Waals surface area contributed by atoms with Crippen LogP contribution >= 0.6 is 15.9 Å². The Balaban J connectivity index is 2.31. The molecule has 1 aliphatic heterocycles. The lowest BCUT2D eigenvalue weighted by molar-refractivity contribution is -0.141. The Kier molecular flexibility index (Phi) is 4.65. The highest BCUT2D eigenvalue weighted by molar-refractivity contribution is 9.08. The van der Waals surface area contributed by atoms with Gasteiger partial charge in [-0.1, -0.05) is 28.8 Å². The van der Waals surface area contributed by atoms with E-state index in [4.69, 9.17) is 0 Å². The van der Waals surface area contributed by atoms with E-state index in [1.54, 1.807) is 0 Å². The Morgan fingerprint density at radius 2 is 1.79 bits per heavy atom. The van der Waals surface area contributed by atoms with Gasteiger partial charge in [-0.15, -0.1) is 0 Å². The van der Waals surface area contributed by atoms with Gasteiger partial charge in [0.1, 0.15) is 0 Å². The minimum absolute atomic E-state index is 0.0751. The summed E-state index contributed by atoms with van der Waals surface area (Å²) in [5.41, 5.74) is -0.760. The maximum Gasteiger partial charge on any atom is 0.433 e. The van der Waals surface area contributed by atoms with Crippen LogP contribution < -0.4 is 4.90 Å². The van der Waals surface area contributed by atoms with Crippen molar-refractivity contribution in [2.45, 2.75) is 37.2 Å². The molecule has 19 heavy (non-hydrogen) atoms. The van der Waals surface area contributed by atoms with Crippen LogP contribution in [0.1, 0.15) is 36.9 Å². The van der Waals surface area contributed by atoms with E-state index in [-0.39, 0.29) is 16.8 Å². The summed E-state index contributed by atoms with van der Waals surface area (Å²) in [5, 5.41) is 0.0993. The van der Waals surface area contributed by atoms with Crippen LogP contribution in [-0.2, 0) is 11.5 Å². The zero-order chi connectivity index (χ0) is 13.9. The number of hydrogen-bond acceptors (Lipinski definition) is 3. The van der Waals surface area contributed by atoms with Crippen molar-refractivity contribution in [2.75, 3.05) is 18.0 Å². The zero-order valence-corrected chi connectivity index (χ0v) is 12.0. The van der Waals surface area contributed by atoms with Gasteiger partial charge in [-0.3, -0.25) is 0 Å². The molecule has 0 saturated carbocycles. The van der Waals surface area contributed by atoms with Crippen LogP contribution in [0.3, 0.4) is 0 Å². The summed E-state index contributed by atoms with van der Waals surface area (Å²) in [4.78, 5) is 9.66. The summed E-state index contributed by atoms with van der Waals surface area (Å²) in [6.45, 7) is 1.45. The molecule has 0 aromatic carbocycles. The highest BCUT2D eigenvalue weighted by Gasteiger charge is 2.36. The van der Waals surface area contributed by atoms with Crippen LogP contribution in [0, 0.1) is 0 Å². The lowest BCUT2D eigenvalue weighted by Crippen LogP contribution is -2.27. The molecule has 2 heterocycles. The second kappa shape index (κ2) is 6.07. The van der Waals surface area contributed by atoms with Crippen molar-refractivity contribution < 1.29 is 13.2 Å². The Morgan fingerprint density at radius 3 is 2.32 bits per heavy atom. The first-order chi connectivity index (χ1) is 9.02. The number of hydrogen-bond donors (Lipinski definition) is 0. The molecule has 0 radical (unpaired) electrons. The normalized spacial score (nSPS) is 17.4. The molecule has 1 aromatic heterocycles. The number of rotatable bonds is 2. The van der Waals surface area contributed by atoms with E-state index in [0.717, 1.165) is 38.8 Å². The van der Waals surface area contributed by atoms with Gasteiger partial charge in [0, 0.05) is 30.2 Å². The van der Waals surface area contributed by atoms with Crippen molar-refractivity contribution in [3.8, 4) is 0 Å². The molecule has 1 aromatic rings. The maximum atomic E-state index is 12.9. The number of halogens is 4. The van der Waals surface area contributed by atoms with Crippen LogP contribution in [0.15, 0.2) is 6.20 Å². The third-order valence-electron chi connectivity index (χ3n) is 3.15. The Morgan fingerprint density at radius 1 is 1.16 bits per heavy atom. The second-order valence-corrected chi connectivity index (χ2v) is 5.14. The molecule has 1 saturated heterocycles. The Labute approximate surface area is 118 Å². The Hall–Kier alpha value is -0.850. The molecule has 0 N–H and O–H groups in total. The fourth-order valence-corrected chi connectivity index (χ4v) is 2.57.